The number of methoxy groups -OCH3 is 1. The van der Waals surface area contributed by atoms with Crippen LogP contribution in [0, 0.1) is 5.82 Å². The van der Waals surface area contributed by atoms with Crippen molar-refractivity contribution in [3.8, 4) is 0 Å². The van der Waals surface area contributed by atoms with Crippen LogP contribution in [0.15, 0.2) is 16.6 Å². The van der Waals surface area contributed by atoms with Crippen LogP contribution in [-0.2, 0) is 18.9 Å². The number of hydrogen-bond acceptors (Lipinski definition) is 7. The van der Waals surface area contributed by atoms with Gasteiger partial charge in [-0.25, -0.2) is 14.0 Å². The fraction of sp³-hybridized carbons (Fsp3) is 0.724. The fourth-order valence-electron chi connectivity index (χ4n) is 5.63. The quantitative estimate of drug-likeness (QED) is 0.360. The molecule has 3 fully saturated rings. The van der Waals surface area contributed by atoms with E-state index in [1.165, 1.54) is 7.11 Å². The van der Waals surface area contributed by atoms with Gasteiger partial charge in [0.15, 0.2) is 5.82 Å². The molecule has 1 aliphatic carbocycles. The van der Waals surface area contributed by atoms with Gasteiger partial charge in [0.05, 0.1) is 47.2 Å². The highest BCUT2D eigenvalue weighted by molar-refractivity contribution is 9.10. The van der Waals surface area contributed by atoms with Gasteiger partial charge in [-0.05, 0) is 100 Å². The van der Waals surface area contributed by atoms with Crippen molar-refractivity contribution in [2.75, 3.05) is 38.2 Å². The van der Waals surface area contributed by atoms with E-state index in [0.29, 0.717) is 31.9 Å². The summed E-state index contributed by atoms with van der Waals surface area (Å²) in [5.41, 5.74) is 0.196. The number of carbonyl (C=O) groups excluding carboxylic acids is 2. The number of nitrogens with zero attached hydrogens (tertiary/aromatic N) is 2. The van der Waals surface area contributed by atoms with Crippen molar-refractivity contribution in [1.82, 2.24) is 4.90 Å². The van der Waals surface area contributed by atoms with Gasteiger partial charge in [0, 0.05) is 26.2 Å². The molecule has 0 N–H and O–H groups in total. The summed E-state index contributed by atoms with van der Waals surface area (Å²) < 4.78 is 38.2. The third-order valence-corrected chi connectivity index (χ3v) is 8.51. The smallest absolute Gasteiger partial charge is 0.410 e. The molecule has 10 heteroatoms. The predicted octanol–water partition coefficient (Wildman–Crippen LogP) is 6.09. The van der Waals surface area contributed by atoms with Crippen molar-refractivity contribution in [1.29, 1.82) is 0 Å². The molecule has 1 aromatic carbocycles. The number of likely N-dealkylation sites (tertiary alicyclic amines) is 1. The molecule has 1 aromatic rings. The van der Waals surface area contributed by atoms with Crippen molar-refractivity contribution >= 4 is 33.7 Å². The van der Waals surface area contributed by atoms with E-state index in [2.05, 4.69) is 15.9 Å². The molecular weight excluding hydrogens is 571 g/mol. The molecule has 1 amide bonds. The lowest BCUT2D eigenvalue weighted by Gasteiger charge is -2.38. The van der Waals surface area contributed by atoms with Crippen LogP contribution in [-0.4, -0.2) is 80.3 Å². The summed E-state index contributed by atoms with van der Waals surface area (Å²) in [6, 6.07) is 3.25. The molecule has 3 aliphatic rings. The highest BCUT2D eigenvalue weighted by Crippen LogP contribution is 2.33. The fourth-order valence-corrected chi connectivity index (χ4v) is 6.13. The number of ether oxygens (including phenoxy) is 4. The molecule has 0 unspecified atom stereocenters. The number of benzene rings is 1. The maximum absolute atomic E-state index is 15.0. The number of halogens is 2. The number of esters is 1. The molecule has 4 rings (SSSR count). The second-order valence-corrected chi connectivity index (χ2v) is 12.6. The molecule has 39 heavy (non-hydrogen) atoms. The van der Waals surface area contributed by atoms with Gasteiger partial charge in [0.2, 0.25) is 0 Å². The highest BCUT2D eigenvalue weighted by atomic mass is 79.9. The Morgan fingerprint density at radius 2 is 1.33 bits per heavy atom. The van der Waals surface area contributed by atoms with E-state index in [4.69, 9.17) is 18.9 Å². The lowest BCUT2D eigenvalue weighted by Crippen LogP contribution is -2.44. The van der Waals surface area contributed by atoms with Crippen molar-refractivity contribution in [2.24, 2.45) is 0 Å². The molecule has 0 spiro atoms. The van der Waals surface area contributed by atoms with E-state index in [1.54, 1.807) is 17.0 Å². The Labute approximate surface area is 239 Å². The molecule has 2 saturated heterocycles. The van der Waals surface area contributed by atoms with E-state index in [1.807, 2.05) is 25.7 Å². The van der Waals surface area contributed by atoms with Crippen LogP contribution in [0.3, 0.4) is 0 Å². The molecule has 0 bridgehead atoms. The highest BCUT2D eigenvalue weighted by Gasteiger charge is 2.32. The van der Waals surface area contributed by atoms with Crippen LogP contribution < -0.4 is 4.90 Å². The zero-order chi connectivity index (χ0) is 28.2. The van der Waals surface area contributed by atoms with Gasteiger partial charge >= 0.3 is 12.1 Å². The maximum atomic E-state index is 15.0. The molecule has 2 aliphatic heterocycles. The molecule has 218 valence electrons. The summed E-state index contributed by atoms with van der Waals surface area (Å²) in [6.45, 7) is 8.41. The number of hydrogen-bond donors (Lipinski definition) is 0. The van der Waals surface area contributed by atoms with Crippen LogP contribution >= 0.6 is 15.9 Å². The Kier molecular flexibility index (Phi) is 10.1. The number of piperidine rings is 2. The summed E-state index contributed by atoms with van der Waals surface area (Å²) in [5, 5.41) is 0. The number of amides is 1. The number of carbonyl (C=O) groups is 2. The Morgan fingerprint density at radius 1 is 0.846 bits per heavy atom. The van der Waals surface area contributed by atoms with Crippen molar-refractivity contribution in [3.63, 3.8) is 0 Å². The summed E-state index contributed by atoms with van der Waals surface area (Å²) in [5.74, 6) is -1.01. The molecule has 2 heterocycles. The largest absolute Gasteiger partial charge is 0.465 e. The van der Waals surface area contributed by atoms with Gasteiger partial charge in [0.1, 0.15) is 5.60 Å². The molecular formula is C29H42BrFN2O6. The van der Waals surface area contributed by atoms with E-state index in [-0.39, 0.29) is 40.5 Å². The second-order valence-electron chi connectivity index (χ2n) is 11.8. The molecule has 0 radical (unpaired) electrons. The summed E-state index contributed by atoms with van der Waals surface area (Å²) in [4.78, 5) is 27.9. The first kappa shape index (κ1) is 30.1. The lowest BCUT2D eigenvalue weighted by molar-refractivity contribution is -0.0940. The summed E-state index contributed by atoms with van der Waals surface area (Å²) in [6.07, 6.45) is 7.91. The first-order chi connectivity index (χ1) is 18.5. The van der Waals surface area contributed by atoms with Gasteiger partial charge in [-0.3, -0.25) is 0 Å². The standard InChI is InChI=1S/C29H42BrFN2O6/c1-29(2,3)39-28(35)33-17-13-22(14-18-33)38-20-7-5-19(6-8-20)37-21-11-15-32(16-12-21)24-10-9-23(27(34)36-4)25(30)26(24)31/h9-10,19-22H,5-8,11-18H2,1-4H3. The average Bonchev–Trinajstić information content (AvgIpc) is 2.91. The number of anilines is 1. The summed E-state index contributed by atoms with van der Waals surface area (Å²) >= 11 is 3.21. The maximum Gasteiger partial charge on any atom is 0.410 e. The minimum Gasteiger partial charge on any atom is -0.465 e. The van der Waals surface area contributed by atoms with Crippen LogP contribution in [0.2, 0.25) is 0 Å². The minimum absolute atomic E-state index is 0.137. The van der Waals surface area contributed by atoms with Gasteiger partial charge < -0.3 is 28.7 Å². The van der Waals surface area contributed by atoms with Crippen molar-refractivity contribution < 1.29 is 32.9 Å². The van der Waals surface area contributed by atoms with Crippen LogP contribution in [0.4, 0.5) is 14.9 Å². The molecule has 0 aromatic heterocycles. The van der Waals surface area contributed by atoms with Gasteiger partial charge in [-0.2, -0.15) is 0 Å². The summed E-state index contributed by atoms with van der Waals surface area (Å²) in [7, 11) is 1.28. The Morgan fingerprint density at radius 3 is 1.82 bits per heavy atom. The third kappa shape index (κ3) is 8.07. The monoisotopic (exact) mass is 612 g/mol. The Bertz CT molecular complexity index is 994. The Hall–Kier alpha value is -1.91. The van der Waals surface area contributed by atoms with Crippen LogP contribution in [0.25, 0.3) is 0 Å². The van der Waals surface area contributed by atoms with Crippen molar-refractivity contribution in [2.45, 2.75) is 102 Å². The van der Waals surface area contributed by atoms with Gasteiger partial charge in [-0.1, -0.05) is 0 Å². The number of rotatable bonds is 6. The van der Waals surface area contributed by atoms with E-state index in [0.717, 1.165) is 51.4 Å². The lowest BCUT2D eigenvalue weighted by atomic mass is 9.93. The first-order valence-corrected chi connectivity index (χ1v) is 14.9. The second kappa shape index (κ2) is 13.2. The zero-order valence-corrected chi connectivity index (χ0v) is 25.1. The van der Waals surface area contributed by atoms with E-state index >= 15 is 0 Å². The molecule has 0 atom stereocenters. The average molecular weight is 614 g/mol. The normalized spacial score (nSPS) is 23.5. The van der Waals surface area contributed by atoms with Crippen LogP contribution in [0.1, 0.15) is 82.5 Å². The zero-order valence-electron chi connectivity index (χ0n) is 23.5. The van der Waals surface area contributed by atoms with E-state index in [9.17, 15) is 14.0 Å². The molecule has 1 saturated carbocycles. The topological polar surface area (TPSA) is 77.5 Å². The van der Waals surface area contributed by atoms with Gasteiger partial charge in [0.25, 0.3) is 0 Å². The molecule has 8 nitrogen and oxygen atoms in total. The van der Waals surface area contributed by atoms with Crippen molar-refractivity contribution in [3.05, 3.63) is 28.0 Å². The van der Waals surface area contributed by atoms with Crippen LogP contribution in [0.5, 0.6) is 0 Å². The van der Waals surface area contributed by atoms with E-state index < -0.39 is 17.4 Å². The third-order valence-electron chi connectivity index (χ3n) is 7.73. The minimum atomic E-state index is -0.567. The first-order valence-electron chi connectivity index (χ1n) is 14.1. The predicted molar refractivity (Wildman–Crippen MR) is 150 cm³/mol. The Balaban J connectivity index is 1.15. The SMILES string of the molecule is COC(=O)c1ccc(N2CCC(OC3CCC(OC4CCN(C(=O)OC(C)(C)C)CC4)CC3)CC2)c(F)c1Br. The van der Waals surface area contributed by atoms with Gasteiger partial charge in [-0.15, -0.1) is 0 Å².